The van der Waals surface area contributed by atoms with Crippen LogP contribution in [0.3, 0.4) is 0 Å². The average Bonchev–Trinajstić information content (AvgIpc) is 2.68. The Morgan fingerprint density at radius 3 is 2.53 bits per heavy atom. The van der Waals surface area contributed by atoms with Crippen molar-refractivity contribution in [2.75, 3.05) is 13.7 Å². The van der Waals surface area contributed by atoms with Gasteiger partial charge in [0.25, 0.3) is 0 Å². The predicted octanol–water partition coefficient (Wildman–Crippen LogP) is 2.92. The number of rotatable bonds is 4. The van der Waals surface area contributed by atoms with Crippen molar-refractivity contribution in [1.29, 1.82) is 0 Å². The van der Waals surface area contributed by atoms with Gasteiger partial charge in [0.15, 0.2) is 0 Å². The van der Waals surface area contributed by atoms with Crippen LogP contribution < -0.4 is 0 Å². The standard InChI is InChI=1S/C17H20N2O3S.C2HF3O2/c1-13-4-3-5-16(8-13)23(20,21)19-7-6-17-14(11-19)9-18-10-15(17)12-22-2;3-2(4,5)1(6)7/h3-5,8-10H,6-7,11-12H2,1-2H3;(H,6,7). The second-order valence-corrected chi connectivity index (χ2v) is 8.52. The maximum Gasteiger partial charge on any atom is 0.490 e. The molecule has 3 rings (SSSR count). The topological polar surface area (TPSA) is 96.8 Å². The number of sulfonamides is 1. The quantitative estimate of drug-likeness (QED) is 0.776. The number of alkyl halides is 3. The van der Waals surface area contributed by atoms with Gasteiger partial charge >= 0.3 is 12.1 Å². The Morgan fingerprint density at radius 1 is 1.30 bits per heavy atom. The predicted molar refractivity (Wildman–Crippen MR) is 101 cm³/mol. The molecule has 0 spiro atoms. The number of nitrogens with zero attached hydrogens (tertiary/aromatic N) is 2. The summed E-state index contributed by atoms with van der Waals surface area (Å²) in [7, 11) is -1.83. The largest absolute Gasteiger partial charge is 0.490 e. The van der Waals surface area contributed by atoms with Gasteiger partial charge in [0.2, 0.25) is 10.0 Å². The number of ether oxygens (including phenoxy) is 1. The Morgan fingerprint density at radius 2 is 1.97 bits per heavy atom. The smallest absolute Gasteiger partial charge is 0.475 e. The molecule has 0 unspecified atom stereocenters. The SMILES string of the molecule is COCc1cncc2c1CCN(S(=O)(=O)c1cccc(C)c1)C2.O=C(O)C(F)(F)F. The molecule has 1 aromatic heterocycles. The summed E-state index contributed by atoms with van der Waals surface area (Å²) in [6.45, 7) is 3.23. The molecule has 0 amide bonds. The minimum atomic E-state index is -5.08. The molecule has 0 fully saturated rings. The Kier molecular flexibility index (Phi) is 7.56. The fourth-order valence-corrected chi connectivity index (χ4v) is 4.48. The Labute approximate surface area is 172 Å². The molecule has 7 nitrogen and oxygen atoms in total. The van der Waals surface area contributed by atoms with Gasteiger partial charge in [-0.1, -0.05) is 12.1 Å². The normalized spacial score (nSPS) is 14.4. The second kappa shape index (κ2) is 9.54. The monoisotopic (exact) mass is 446 g/mol. The molecule has 1 aliphatic rings. The van der Waals surface area contributed by atoms with Crippen molar-refractivity contribution in [1.82, 2.24) is 9.29 Å². The Balaban J connectivity index is 0.000000396. The van der Waals surface area contributed by atoms with Crippen LogP contribution in [0.15, 0.2) is 41.6 Å². The van der Waals surface area contributed by atoms with Gasteiger partial charge in [-0.25, -0.2) is 13.2 Å². The van der Waals surface area contributed by atoms with Crippen LogP contribution in [0.4, 0.5) is 13.2 Å². The molecule has 0 saturated heterocycles. The van der Waals surface area contributed by atoms with E-state index < -0.39 is 22.2 Å². The molecule has 2 heterocycles. The van der Waals surface area contributed by atoms with Crippen LogP contribution in [-0.4, -0.2) is 48.6 Å². The molecular weight excluding hydrogens is 425 g/mol. The summed E-state index contributed by atoms with van der Waals surface area (Å²) in [5, 5.41) is 7.12. The third-order valence-corrected chi connectivity index (χ3v) is 6.20. The van der Waals surface area contributed by atoms with Gasteiger partial charge in [0.1, 0.15) is 0 Å². The maximum absolute atomic E-state index is 12.8. The van der Waals surface area contributed by atoms with Crippen LogP contribution in [0.1, 0.15) is 22.3 Å². The number of benzene rings is 1. The van der Waals surface area contributed by atoms with E-state index in [1.807, 2.05) is 13.0 Å². The van der Waals surface area contributed by atoms with Crippen molar-refractivity contribution < 1.29 is 36.2 Å². The van der Waals surface area contributed by atoms with E-state index in [1.165, 1.54) is 4.31 Å². The lowest BCUT2D eigenvalue weighted by molar-refractivity contribution is -0.192. The number of pyridine rings is 1. The average molecular weight is 446 g/mol. The first-order valence-corrected chi connectivity index (χ1v) is 10.2. The third-order valence-electron chi connectivity index (χ3n) is 4.36. The molecule has 0 saturated carbocycles. The highest BCUT2D eigenvalue weighted by atomic mass is 32.2. The highest BCUT2D eigenvalue weighted by molar-refractivity contribution is 7.89. The summed E-state index contributed by atoms with van der Waals surface area (Å²) in [6, 6.07) is 7.03. The molecule has 1 aliphatic heterocycles. The zero-order chi connectivity index (χ0) is 22.5. The van der Waals surface area contributed by atoms with Gasteiger partial charge < -0.3 is 9.84 Å². The zero-order valence-electron chi connectivity index (χ0n) is 16.3. The molecule has 30 heavy (non-hydrogen) atoms. The van der Waals surface area contributed by atoms with Crippen LogP contribution in [-0.2, 0) is 39.1 Å². The number of halogens is 3. The number of methoxy groups -OCH3 is 1. The molecule has 1 N–H and O–H groups in total. The number of carbonyl (C=O) groups is 1. The van der Waals surface area contributed by atoms with Gasteiger partial charge in [-0.3, -0.25) is 4.98 Å². The van der Waals surface area contributed by atoms with Gasteiger partial charge in [-0.15, -0.1) is 0 Å². The number of carboxylic acid groups (broad SMARTS) is 1. The molecule has 0 bridgehead atoms. The molecule has 0 aliphatic carbocycles. The van der Waals surface area contributed by atoms with Crippen molar-refractivity contribution >= 4 is 16.0 Å². The van der Waals surface area contributed by atoms with E-state index in [-0.39, 0.29) is 0 Å². The lowest BCUT2D eigenvalue weighted by Gasteiger charge is -2.29. The number of aromatic nitrogens is 1. The number of hydrogen-bond acceptors (Lipinski definition) is 5. The Bertz CT molecular complexity index is 1010. The van der Waals surface area contributed by atoms with E-state index in [9.17, 15) is 21.6 Å². The van der Waals surface area contributed by atoms with E-state index in [1.54, 1.807) is 37.7 Å². The summed E-state index contributed by atoms with van der Waals surface area (Å²) in [6.07, 6.45) is -0.846. The lowest BCUT2D eigenvalue weighted by Crippen LogP contribution is -2.36. The van der Waals surface area contributed by atoms with E-state index in [2.05, 4.69) is 4.98 Å². The van der Waals surface area contributed by atoms with Crippen molar-refractivity contribution in [2.45, 2.75) is 37.6 Å². The molecular formula is C19H21F3N2O5S. The number of aryl methyl sites for hydroxylation is 1. The van der Waals surface area contributed by atoms with E-state index in [0.29, 0.717) is 31.0 Å². The molecule has 164 valence electrons. The van der Waals surface area contributed by atoms with Crippen LogP contribution >= 0.6 is 0 Å². The van der Waals surface area contributed by atoms with E-state index in [4.69, 9.17) is 14.6 Å². The molecule has 11 heteroatoms. The van der Waals surface area contributed by atoms with Crippen molar-refractivity contribution in [3.05, 3.63) is 58.9 Å². The van der Waals surface area contributed by atoms with Crippen molar-refractivity contribution in [2.24, 2.45) is 0 Å². The first-order chi connectivity index (χ1) is 14.0. The maximum atomic E-state index is 12.8. The summed E-state index contributed by atoms with van der Waals surface area (Å²) in [4.78, 5) is 13.5. The Hall–Kier alpha value is -2.50. The number of fused-ring (bicyclic) bond motifs is 1. The number of carboxylic acids is 1. The summed E-state index contributed by atoms with van der Waals surface area (Å²) >= 11 is 0. The van der Waals surface area contributed by atoms with E-state index in [0.717, 1.165) is 22.3 Å². The summed E-state index contributed by atoms with van der Waals surface area (Å²) in [5.41, 5.74) is 4.10. The third kappa shape index (κ3) is 5.77. The van der Waals surface area contributed by atoms with Crippen molar-refractivity contribution in [3.63, 3.8) is 0 Å². The van der Waals surface area contributed by atoms with Crippen LogP contribution in [0.25, 0.3) is 0 Å². The molecule has 0 atom stereocenters. The van der Waals surface area contributed by atoms with Crippen molar-refractivity contribution in [3.8, 4) is 0 Å². The molecule has 2 aromatic rings. The highest BCUT2D eigenvalue weighted by Gasteiger charge is 2.38. The lowest BCUT2D eigenvalue weighted by atomic mass is 9.99. The first kappa shape index (κ1) is 23.8. The van der Waals surface area contributed by atoms with Crippen LogP contribution in [0.2, 0.25) is 0 Å². The van der Waals surface area contributed by atoms with Gasteiger partial charge in [0, 0.05) is 32.6 Å². The fraction of sp³-hybridized carbons (Fsp3) is 0.368. The second-order valence-electron chi connectivity index (χ2n) is 6.58. The molecule has 1 aromatic carbocycles. The summed E-state index contributed by atoms with van der Waals surface area (Å²) < 4.78 is 64.1. The van der Waals surface area contributed by atoms with Gasteiger partial charge in [-0.05, 0) is 47.7 Å². The number of aliphatic carboxylic acids is 1. The van der Waals surface area contributed by atoms with Gasteiger partial charge in [0.05, 0.1) is 11.5 Å². The van der Waals surface area contributed by atoms with Crippen LogP contribution in [0.5, 0.6) is 0 Å². The number of hydrogen-bond donors (Lipinski definition) is 1. The minimum absolute atomic E-state index is 0.349. The van der Waals surface area contributed by atoms with Crippen LogP contribution in [0, 0.1) is 6.92 Å². The minimum Gasteiger partial charge on any atom is -0.475 e. The van der Waals surface area contributed by atoms with Gasteiger partial charge in [-0.2, -0.15) is 17.5 Å². The first-order valence-electron chi connectivity index (χ1n) is 8.77. The molecule has 0 radical (unpaired) electrons. The fourth-order valence-electron chi connectivity index (χ4n) is 2.95. The zero-order valence-corrected chi connectivity index (χ0v) is 17.1. The summed E-state index contributed by atoms with van der Waals surface area (Å²) in [5.74, 6) is -2.76. The highest BCUT2D eigenvalue weighted by Crippen LogP contribution is 2.27. The van der Waals surface area contributed by atoms with E-state index >= 15 is 0 Å².